The molecule has 0 fully saturated rings. The molecule has 9 heteroatoms. The molecule has 0 spiro atoms. The first kappa shape index (κ1) is 19.8. The number of pyridine rings is 1. The van der Waals surface area contributed by atoms with Gasteiger partial charge in [-0.25, -0.2) is 15.4 Å². The molecule has 7 nitrogen and oxygen atoms in total. The lowest BCUT2D eigenvalue weighted by atomic mass is 10.2. The monoisotopic (exact) mass is 416 g/mol. The van der Waals surface area contributed by atoms with Gasteiger partial charge in [-0.3, -0.25) is 4.79 Å². The normalized spacial score (nSPS) is 10.9. The van der Waals surface area contributed by atoms with Crippen molar-refractivity contribution in [2.75, 3.05) is 14.2 Å². The number of ether oxygens (including phenoxy) is 2. The third-order valence-electron chi connectivity index (χ3n) is 3.74. The van der Waals surface area contributed by atoms with Gasteiger partial charge in [0.1, 0.15) is 15.6 Å². The number of thiazole rings is 1. The maximum absolute atomic E-state index is 12.5. The lowest BCUT2D eigenvalue weighted by molar-refractivity contribution is 0.0958. The maximum atomic E-state index is 12.5. The average molecular weight is 417 g/mol. The van der Waals surface area contributed by atoms with Crippen LogP contribution in [0.3, 0.4) is 0 Å². The summed E-state index contributed by atoms with van der Waals surface area (Å²) in [4.78, 5) is 21.5. The van der Waals surface area contributed by atoms with Gasteiger partial charge < -0.3 is 9.47 Å². The number of amides is 1. The number of carbonyl (C=O) groups is 1. The fourth-order valence-electron chi connectivity index (χ4n) is 2.37. The van der Waals surface area contributed by atoms with Gasteiger partial charge in [0.05, 0.1) is 31.7 Å². The molecule has 0 aliphatic heterocycles. The van der Waals surface area contributed by atoms with Crippen LogP contribution in [0.1, 0.15) is 20.9 Å². The summed E-state index contributed by atoms with van der Waals surface area (Å²) in [6.45, 7) is 1.77. The zero-order chi connectivity index (χ0) is 20.1. The first-order valence-electron chi connectivity index (χ1n) is 8.16. The number of methoxy groups -OCH3 is 2. The predicted octanol–water partition coefficient (Wildman–Crippen LogP) is 3.95. The van der Waals surface area contributed by atoms with Gasteiger partial charge in [0.15, 0.2) is 0 Å². The van der Waals surface area contributed by atoms with Crippen LogP contribution in [0.2, 0.25) is 5.02 Å². The number of aromatic nitrogens is 2. The molecule has 0 saturated carbocycles. The summed E-state index contributed by atoms with van der Waals surface area (Å²) in [5.41, 5.74) is 4.62. The Balaban J connectivity index is 1.75. The van der Waals surface area contributed by atoms with Crippen molar-refractivity contribution in [3.63, 3.8) is 0 Å². The minimum Gasteiger partial charge on any atom is -0.496 e. The van der Waals surface area contributed by atoms with Crippen molar-refractivity contribution in [1.29, 1.82) is 0 Å². The van der Waals surface area contributed by atoms with E-state index in [2.05, 4.69) is 20.5 Å². The lowest BCUT2D eigenvalue weighted by Gasteiger charge is -2.05. The lowest BCUT2D eigenvalue weighted by Crippen LogP contribution is -2.17. The van der Waals surface area contributed by atoms with Crippen LogP contribution in [-0.4, -0.2) is 36.3 Å². The van der Waals surface area contributed by atoms with Gasteiger partial charge in [-0.2, -0.15) is 5.10 Å². The van der Waals surface area contributed by atoms with E-state index in [0.717, 1.165) is 11.1 Å². The highest BCUT2D eigenvalue weighted by Gasteiger charge is 2.18. The standard InChI is InChI=1S/C19H17ClN4O3S/c1-11-17(18(25)24-22-10-12-4-7-16(27-3)21-9-12)28-19(23-11)14-6-5-13(20)8-15(14)26-2/h4-10H,1-3H3,(H,24,25)/b22-10+. The van der Waals surface area contributed by atoms with Gasteiger partial charge in [0, 0.05) is 22.8 Å². The highest BCUT2D eigenvalue weighted by molar-refractivity contribution is 7.17. The number of nitrogens with zero attached hydrogens (tertiary/aromatic N) is 3. The molecule has 0 radical (unpaired) electrons. The number of halogens is 1. The van der Waals surface area contributed by atoms with E-state index in [4.69, 9.17) is 21.1 Å². The third-order valence-corrected chi connectivity index (χ3v) is 5.17. The Morgan fingerprint density at radius 3 is 2.75 bits per heavy atom. The fourth-order valence-corrected chi connectivity index (χ4v) is 3.52. The molecule has 1 N–H and O–H groups in total. The molecule has 1 aromatic carbocycles. The summed E-state index contributed by atoms with van der Waals surface area (Å²) >= 11 is 7.26. The number of hydrazone groups is 1. The van der Waals surface area contributed by atoms with Gasteiger partial charge in [0.25, 0.3) is 5.91 Å². The molecule has 144 valence electrons. The van der Waals surface area contributed by atoms with Crippen LogP contribution in [0.5, 0.6) is 11.6 Å². The quantitative estimate of drug-likeness (QED) is 0.485. The highest BCUT2D eigenvalue weighted by atomic mass is 35.5. The second-order valence-corrected chi connectivity index (χ2v) is 7.05. The number of aryl methyl sites for hydroxylation is 1. The Kier molecular flexibility index (Phi) is 6.23. The van der Waals surface area contributed by atoms with Crippen LogP contribution in [0.25, 0.3) is 10.6 Å². The molecule has 28 heavy (non-hydrogen) atoms. The van der Waals surface area contributed by atoms with Crippen LogP contribution in [-0.2, 0) is 0 Å². The number of carbonyl (C=O) groups excluding carboxylic acids is 1. The molecule has 1 amide bonds. The molecule has 3 aromatic rings. The van der Waals surface area contributed by atoms with Crippen molar-refractivity contribution in [1.82, 2.24) is 15.4 Å². The predicted molar refractivity (Wildman–Crippen MR) is 110 cm³/mol. The van der Waals surface area contributed by atoms with Crippen LogP contribution in [0.15, 0.2) is 41.6 Å². The molecule has 0 saturated heterocycles. The Labute approximate surface area is 171 Å². The van der Waals surface area contributed by atoms with Crippen molar-refractivity contribution >= 4 is 35.1 Å². The molecular formula is C19H17ClN4O3S. The highest BCUT2D eigenvalue weighted by Crippen LogP contribution is 2.36. The first-order chi connectivity index (χ1) is 13.5. The van der Waals surface area contributed by atoms with Crippen LogP contribution >= 0.6 is 22.9 Å². The van der Waals surface area contributed by atoms with Gasteiger partial charge in [0.2, 0.25) is 5.88 Å². The van der Waals surface area contributed by atoms with E-state index < -0.39 is 0 Å². The molecule has 0 bridgehead atoms. The van der Waals surface area contributed by atoms with E-state index in [1.54, 1.807) is 51.6 Å². The Morgan fingerprint density at radius 1 is 1.25 bits per heavy atom. The Hall–Kier alpha value is -2.97. The summed E-state index contributed by atoms with van der Waals surface area (Å²) in [5, 5.41) is 5.20. The summed E-state index contributed by atoms with van der Waals surface area (Å²) < 4.78 is 10.4. The number of benzene rings is 1. The second kappa shape index (κ2) is 8.81. The van der Waals surface area contributed by atoms with Gasteiger partial charge in [-0.1, -0.05) is 11.6 Å². The molecule has 0 aliphatic carbocycles. The third kappa shape index (κ3) is 4.47. The van der Waals surface area contributed by atoms with E-state index in [1.165, 1.54) is 17.6 Å². The number of hydrogen-bond donors (Lipinski definition) is 1. The molecule has 3 rings (SSSR count). The van der Waals surface area contributed by atoms with E-state index in [-0.39, 0.29) is 5.91 Å². The largest absolute Gasteiger partial charge is 0.496 e. The summed E-state index contributed by atoms with van der Waals surface area (Å²) in [7, 11) is 3.10. The second-order valence-electron chi connectivity index (χ2n) is 5.61. The van der Waals surface area contributed by atoms with Crippen molar-refractivity contribution in [3.05, 3.63) is 57.7 Å². The van der Waals surface area contributed by atoms with Crippen LogP contribution < -0.4 is 14.9 Å². The minimum absolute atomic E-state index is 0.341. The van der Waals surface area contributed by atoms with E-state index in [1.807, 2.05) is 6.07 Å². The molecule has 2 heterocycles. The first-order valence-corrected chi connectivity index (χ1v) is 9.36. The number of hydrogen-bond acceptors (Lipinski definition) is 7. The molecule has 0 aliphatic rings. The van der Waals surface area contributed by atoms with Crippen molar-refractivity contribution in [2.24, 2.45) is 5.10 Å². The van der Waals surface area contributed by atoms with Crippen LogP contribution in [0, 0.1) is 6.92 Å². The van der Waals surface area contributed by atoms with Crippen molar-refractivity contribution in [2.45, 2.75) is 6.92 Å². The molecule has 0 atom stereocenters. The van der Waals surface area contributed by atoms with Gasteiger partial charge in [-0.15, -0.1) is 11.3 Å². The van der Waals surface area contributed by atoms with E-state index >= 15 is 0 Å². The van der Waals surface area contributed by atoms with Crippen molar-refractivity contribution in [3.8, 4) is 22.2 Å². The SMILES string of the molecule is COc1ccc(/C=N/NC(=O)c2sc(-c3ccc(Cl)cc3OC)nc2C)cn1. The smallest absolute Gasteiger partial charge is 0.283 e. The fraction of sp³-hybridized carbons (Fsp3) is 0.158. The Bertz CT molecular complexity index is 1020. The molecule has 0 unspecified atom stereocenters. The topological polar surface area (TPSA) is 85.7 Å². The zero-order valence-corrected chi connectivity index (χ0v) is 17.0. The summed E-state index contributed by atoms with van der Waals surface area (Å²) in [5.74, 6) is 0.761. The minimum atomic E-state index is -0.341. The van der Waals surface area contributed by atoms with Gasteiger partial charge >= 0.3 is 0 Å². The molecule has 2 aromatic heterocycles. The van der Waals surface area contributed by atoms with E-state index in [0.29, 0.717) is 32.2 Å². The molecular weight excluding hydrogens is 400 g/mol. The summed E-state index contributed by atoms with van der Waals surface area (Å²) in [6, 6.07) is 8.77. The van der Waals surface area contributed by atoms with Crippen LogP contribution in [0.4, 0.5) is 0 Å². The average Bonchev–Trinajstić information content (AvgIpc) is 3.09. The number of nitrogens with one attached hydrogen (secondary N) is 1. The van der Waals surface area contributed by atoms with Gasteiger partial charge in [-0.05, 0) is 31.2 Å². The Morgan fingerprint density at radius 2 is 2.07 bits per heavy atom. The summed E-state index contributed by atoms with van der Waals surface area (Å²) in [6.07, 6.45) is 3.10. The maximum Gasteiger partial charge on any atom is 0.283 e. The van der Waals surface area contributed by atoms with Crippen molar-refractivity contribution < 1.29 is 14.3 Å². The van der Waals surface area contributed by atoms with E-state index in [9.17, 15) is 4.79 Å². The number of rotatable bonds is 6. The zero-order valence-electron chi connectivity index (χ0n) is 15.4.